The maximum atomic E-state index is 13.4. The molecule has 1 amide bonds. The molecule has 0 aliphatic heterocycles. The molecule has 0 heterocycles. The van der Waals surface area contributed by atoms with Gasteiger partial charge in [0, 0.05) is 10.0 Å². The van der Waals surface area contributed by atoms with Crippen molar-refractivity contribution in [3.8, 4) is 0 Å². The van der Waals surface area contributed by atoms with Crippen LogP contribution in [0.1, 0.15) is 5.56 Å². The smallest absolute Gasteiger partial charge is 0.290 e. The molecule has 3 nitrogen and oxygen atoms in total. The Kier molecular flexibility index (Phi) is 4.16. The number of amides is 1. The molecule has 0 saturated heterocycles. The van der Waals surface area contributed by atoms with Crippen LogP contribution in [0.2, 0.25) is 0 Å². The van der Waals surface area contributed by atoms with Crippen molar-refractivity contribution in [2.24, 2.45) is 5.73 Å². The second kappa shape index (κ2) is 5.05. The van der Waals surface area contributed by atoms with Gasteiger partial charge >= 0.3 is 0 Å². The lowest BCUT2D eigenvalue weighted by Gasteiger charge is -2.22. The topological polar surface area (TPSA) is 63.3 Å². The third-order valence-corrected chi connectivity index (χ3v) is 2.50. The first-order valence-corrected chi connectivity index (χ1v) is 5.20. The van der Waals surface area contributed by atoms with Gasteiger partial charge in [-0.1, -0.05) is 15.9 Å². The summed E-state index contributed by atoms with van der Waals surface area (Å²) >= 11 is 2.96. The standard InChI is InChI=1S/C10H8BrF3NO2/c11-5-1-2-7(12)6(3-5)8(9(15)17)10(13,14)4-16/h1-3,16H,4H2,(H2,15,17). The zero-order valence-electron chi connectivity index (χ0n) is 8.38. The predicted molar refractivity (Wildman–Crippen MR) is 57.7 cm³/mol. The van der Waals surface area contributed by atoms with E-state index >= 15 is 0 Å². The highest BCUT2D eigenvalue weighted by Crippen LogP contribution is 2.34. The Balaban J connectivity index is 3.33. The minimum Gasteiger partial charge on any atom is -0.390 e. The number of carbonyl (C=O) groups is 1. The molecule has 0 atom stereocenters. The summed E-state index contributed by atoms with van der Waals surface area (Å²) < 4.78 is 40.3. The zero-order valence-corrected chi connectivity index (χ0v) is 9.97. The summed E-state index contributed by atoms with van der Waals surface area (Å²) in [6.07, 6.45) is 0. The minimum absolute atomic E-state index is 0.307. The maximum Gasteiger partial charge on any atom is 0.290 e. The van der Waals surface area contributed by atoms with Gasteiger partial charge in [-0.15, -0.1) is 0 Å². The van der Waals surface area contributed by atoms with Crippen molar-refractivity contribution >= 4 is 21.8 Å². The van der Waals surface area contributed by atoms with Crippen LogP contribution in [0.5, 0.6) is 0 Å². The fraction of sp³-hybridized carbons (Fsp3) is 0.200. The van der Waals surface area contributed by atoms with Crippen molar-refractivity contribution in [3.63, 3.8) is 0 Å². The molecule has 7 heteroatoms. The second-order valence-corrected chi connectivity index (χ2v) is 4.14. The first-order valence-electron chi connectivity index (χ1n) is 4.41. The van der Waals surface area contributed by atoms with Crippen LogP contribution in [0.25, 0.3) is 0 Å². The Hall–Kier alpha value is -1.08. The molecule has 1 aromatic rings. The fourth-order valence-corrected chi connectivity index (χ4v) is 1.64. The van der Waals surface area contributed by atoms with Crippen molar-refractivity contribution in [3.05, 3.63) is 40.0 Å². The summed E-state index contributed by atoms with van der Waals surface area (Å²) in [5.41, 5.74) is 4.17. The molecule has 17 heavy (non-hydrogen) atoms. The Morgan fingerprint density at radius 3 is 2.53 bits per heavy atom. The van der Waals surface area contributed by atoms with Crippen LogP contribution in [-0.2, 0) is 4.79 Å². The Labute approximate surface area is 104 Å². The number of halogens is 4. The molecule has 0 unspecified atom stereocenters. The van der Waals surface area contributed by atoms with Gasteiger partial charge in [-0.05, 0) is 18.2 Å². The van der Waals surface area contributed by atoms with Gasteiger partial charge in [-0.25, -0.2) is 13.2 Å². The van der Waals surface area contributed by atoms with Crippen LogP contribution in [0.3, 0.4) is 0 Å². The van der Waals surface area contributed by atoms with E-state index in [1.165, 1.54) is 6.07 Å². The van der Waals surface area contributed by atoms with E-state index in [-0.39, 0.29) is 0 Å². The average Bonchev–Trinajstić information content (AvgIpc) is 2.22. The van der Waals surface area contributed by atoms with E-state index in [4.69, 9.17) is 10.8 Å². The minimum atomic E-state index is -3.90. The number of carbonyl (C=O) groups excluding carboxylic acids is 1. The average molecular weight is 311 g/mol. The molecular formula is C10H8BrF3NO2. The molecule has 1 rings (SSSR count). The van der Waals surface area contributed by atoms with Gasteiger partial charge in [-0.3, -0.25) is 4.79 Å². The van der Waals surface area contributed by atoms with Gasteiger partial charge in [0.25, 0.3) is 5.92 Å². The number of hydrogen-bond acceptors (Lipinski definition) is 2. The zero-order chi connectivity index (χ0) is 13.2. The molecular weight excluding hydrogens is 303 g/mol. The lowest BCUT2D eigenvalue weighted by molar-refractivity contribution is -0.122. The van der Waals surface area contributed by atoms with E-state index in [1.54, 1.807) is 0 Å². The van der Waals surface area contributed by atoms with Crippen LogP contribution < -0.4 is 5.73 Å². The van der Waals surface area contributed by atoms with Gasteiger partial charge in [-0.2, -0.15) is 0 Å². The number of aliphatic hydroxyl groups is 1. The van der Waals surface area contributed by atoms with Gasteiger partial charge in [0.15, 0.2) is 5.92 Å². The Bertz CT molecular complexity index is 440. The third kappa shape index (κ3) is 2.98. The second-order valence-electron chi connectivity index (χ2n) is 3.23. The summed E-state index contributed by atoms with van der Waals surface area (Å²) in [5, 5.41) is 8.52. The molecule has 0 aliphatic rings. The van der Waals surface area contributed by atoms with Gasteiger partial charge < -0.3 is 10.8 Å². The Morgan fingerprint density at radius 1 is 1.47 bits per heavy atom. The summed E-state index contributed by atoms with van der Waals surface area (Å²) in [6, 6.07) is 3.20. The molecule has 0 aromatic heterocycles. The fourth-order valence-electron chi connectivity index (χ4n) is 1.28. The number of alkyl halides is 2. The third-order valence-electron chi connectivity index (χ3n) is 2.01. The van der Waals surface area contributed by atoms with Crippen molar-refractivity contribution < 1.29 is 23.1 Å². The predicted octanol–water partition coefficient (Wildman–Crippen LogP) is 1.62. The van der Waals surface area contributed by atoms with E-state index in [1.807, 2.05) is 0 Å². The normalized spacial score (nSPS) is 11.9. The molecule has 0 fully saturated rings. The monoisotopic (exact) mass is 310 g/mol. The highest BCUT2D eigenvalue weighted by Gasteiger charge is 2.46. The summed E-state index contributed by atoms with van der Waals surface area (Å²) in [5.74, 6) is -7.65. The van der Waals surface area contributed by atoms with Crippen LogP contribution in [-0.4, -0.2) is 23.5 Å². The first-order chi connectivity index (χ1) is 7.79. The number of nitrogens with two attached hydrogens (primary N) is 1. The van der Waals surface area contributed by atoms with Gasteiger partial charge in [0.2, 0.25) is 5.91 Å². The summed E-state index contributed by atoms with van der Waals surface area (Å²) in [4.78, 5) is 11.0. The van der Waals surface area contributed by atoms with Crippen molar-refractivity contribution in [2.45, 2.75) is 5.92 Å². The summed E-state index contributed by atoms with van der Waals surface area (Å²) in [7, 11) is 0. The number of hydrogen-bond donors (Lipinski definition) is 2. The van der Waals surface area contributed by atoms with Crippen LogP contribution in [0.4, 0.5) is 13.2 Å². The first kappa shape index (κ1) is 14.0. The summed E-state index contributed by atoms with van der Waals surface area (Å²) in [6.45, 7) is -1.63. The van der Waals surface area contributed by atoms with Crippen molar-refractivity contribution in [2.75, 3.05) is 6.61 Å². The van der Waals surface area contributed by atoms with Crippen LogP contribution in [0.15, 0.2) is 22.7 Å². The van der Waals surface area contributed by atoms with E-state index in [2.05, 4.69) is 15.9 Å². The van der Waals surface area contributed by atoms with Crippen molar-refractivity contribution in [1.82, 2.24) is 0 Å². The molecule has 0 saturated carbocycles. The van der Waals surface area contributed by atoms with E-state index < -0.39 is 35.7 Å². The van der Waals surface area contributed by atoms with Gasteiger partial charge in [0.05, 0.1) is 0 Å². The largest absolute Gasteiger partial charge is 0.390 e. The maximum absolute atomic E-state index is 13.4. The Morgan fingerprint density at radius 2 is 2.06 bits per heavy atom. The van der Waals surface area contributed by atoms with Crippen LogP contribution >= 0.6 is 15.9 Å². The van der Waals surface area contributed by atoms with E-state index in [0.717, 1.165) is 12.1 Å². The number of aliphatic hydroxyl groups excluding tert-OH is 1. The molecule has 1 aromatic carbocycles. The van der Waals surface area contributed by atoms with Crippen LogP contribution in [0, 0.1) is 11.7 Å². The van der Waals surface area contributed by atoms with Crippen molar-refractivity contribution in [1.29, 1.82) is 0 Å². The highest BCUT2D eigenvalue weighted by molar-refractivity contribution is 9.10. The molecule has 0 spiro atoms. The van der Waals surface area contributed by atoms with E-state index in [0.29, 0.717) is 4.47 Å². The van der Waals surface area contributed by atoms with Gasteiger partial charge in [0.1, 0.15) is 12.4 Å². The number of benzene rings is 1. The number of primary amides is 1. The molecule has 0 bridgehead atoms. The molecule has 3 N–H and O–H groups in total. The lowest BCUT2D eigenvalue weighted by Crippen LogP contribution is -2.40. The molecule has 93 valence electrons. The SMILES string of the molecule is NC(=O)[C](c1cc(Br)ccc1F)C(F)(F)CO. The van der Waals surface area contributed by atoms with E-state index in [9.17, 15) is 18.0 Å². The number of rotatable bonds is 4. The quantitative estimate of drug-likeness (QED) is 0.887. The molecule has 1 radical (unpaired) electrons. The molecule has 0 aliphatic carbocycles. The highest BCUT2D eigenvalue weighted by atomic mass is 79.9. The lowest BCUT2D eigenvalue weighted by atomic mass is 9.92.